The van der Waals surface area contributed by atoms with Gasteiger partial charge in [-0.15, -0.1) is 0 Å². The van der Waals surface area contributed by atoms with Gasteiger partial charge >= 0.3 is 0 Å². The Bertz CT molecular complexity index is 830. The first-order valence-corrected chi connectivity index (χ1v) is 8.01. The number of benzene rings is 2. The van der Waals surface area contributed by atoms with Crippen molar-refractivity contribution in [3.8, 4) is 11.5 Å². The summed E-state index contributed by atoms with van der Waals surface area (Å²) in [6.45, 7) is 1.36. The van der Waals surface area contributed by atoms with Crippen LogP contribution in [0.15, 0.2) is 24.3 Å². The lowest BCUT2D eigenvalue weighted by atomic mass is 10.1. The number of carbonyl (C=O) groups is 2. The molecule has 132 valence electrons. The number of anilines is 2. The van der Waals surface area contributed by atoms with E-state index in [0.29, 0.717) is 17.1 Å². The quantitative estimate of drug-likeness (QED) is 0.652. The third kappa shape index (κ3) is 4.28. The number of phenols is 1. The van der Waals surface area contributed by atoms with Crippen molar-refractivity contribution in [2.24, 2.45) is 0 Å². The number of halogens is 3. The standard InChI is InChI=1S/C16H13Cl3N2O4/c1-7(22)20-11-4-3-8(5-12(11)25-2)21-16(24)13-14(19)9(17)6-10(18)15(13)23/h3-6,23H,1-2H3,(H,20,22)(H,21,24). The molecule has 0 fully saturated rings. The molecule has 2 aromatic carbocycles. The molecule has 0 radical (unpaired) electrons. The summed E-state index contributed by atoms with van der Waals surface area (Å²) in [5, 5.41) is 15.0. The summed E-state index contributed by atoms with van der Waals surface area (Å²) in [4.78, 5) is 23.6. The number of rotatable bonds is 4. The first kappa shape index (κ1) is 19.2. The zero-order valence-corrected chi connectivity index (χ0v) is 15.4. The van der Waals surface area contributed by atoms with Crippen molar-refractivity contribution in [1.82, 2.24) is 0 Å². The Kier molecular flexibility index (Phi) is 6.00. The van der Waals surface area contributed by atoms with Gasteiger partial charge in [0.25, 0.3) is 5.91 Å². The minimum absolute atomic E-state index is 0.0354. The molecule has 0 unspecified atom stereocenters. The van der Waals surface area contributed by atoms with Gasteiger partial charge in [-0.1, -0.05) is 34.8 Å². The Hall–Kier alpha value is -2.15. The highest BCUT2D eigenvalue weighted by Crippen LogP contribution is 2.39. The predicted octanol–water partition coefficient (Wildman–Crippen LogP) is 4.57. The van der Waals surface area contributed by atoms with Gasteiger partial charge in [-0.05, 0) is 18.2 Å². The molecule has 0 saturated carbocycles. The van der Waals surface area contributed by atoms with Gasteiger partial charge in [0, 0.05) is 18.7 Å². The fourth-order valence-corrected chi connectivity index (χ4v) is 2.74. The van der Waals surface area contributed by atoms with Crippen LogP contribution in [0.25, 0.3) is 0 Å². The second kappa shape index (κ2) is 7.82. The predicted molar refractivity (Wildman–Crippen MR) is 98.4 cm³/mol. The minimum Gasteiger partial charge on any atom is -0.505 e. The van der Waals surface area contributed by atoms with E-state index in [-0.39, 0.29) is 26.5 Å². The zero-order chi connectivity index (χ0) is 18.7. The first-order valence-electron chi connectivity index (χ1n) is 6.88. The van der Waals surface area contributed by atoms with Crippen molar-refractivity contribution in [3.63, 3.8) is 0 Å². The molecule has 9 heteroatoms. The lowest BCUT2D eigenvalue weighted by molar-refractivity contribution is -0.114. The summed E-state index contributed by atoms with van der Waals surface area (Å²) in [5.74, 6) is -1.11. The maximum atomic E-state index is 12.4. The van der Waals surface area contributed by atoms with Gasteiger partial charge in [-0.25, -0.2) is 0 Å². The maximum Gasteiger partial charge on any atom is 0.261 e. The Morgan fingerprint density at radius 2 is 1.76 bits per heavy atom. The fraction of sp³-hybridized carbons (Fsp3) is 0.125. The molecule has 0 saturated heterocycles. The maximum absolute atomic E-state index is 12.4. The van der Waals surface area contributed by atoms with Crippen molar-refractivity contribution in [3.05, 3.63) is 44.9 Å². The van der Waals surface area contributed by atoms with E-state index in [9.17, 15) is 14.7 Å². The van der Waals surface area contributed by atoms with Crippen molar-refractivity contribution in [1.29, 1.82) is 0 Å². The number of hydrogen-bond donors (Lipinski definition) is 3. The summed E-state index contributed by atoms with van der Waals surface area (Å²) >= 11 is 17.7. The molecule has 0 aromatic heterocycles. The number of nitrogens with one attached hydrogen (secondary N) is 2. The van der Waals surface area contributed by atoms with E-state index in [0.717, 1.165) is 0 Å². The summed E-state index contributed by atoms with van der Waals surface area (Å²) in [6.07, 6.45) is 0. The van der Waals surface area contributed by atoms with E-state index < -0.39 is 11.7 Å². The van der Waals surface area contributed by atoms with Crippen LogP contribution in [0, 0.1) is 0 Å². The van der Waals surface area contributed by atoms with E-state index in [2.05, 4.69) is 10.6 Å². The van der Waals surface area contributed by atoms with Crippen LogP contribution >= 0.6 is 34.8 Å². The number of ether oxygens (including phenoxy) is 1. The summed E-state index contributed by atoms with van der Waals surface area (Å²) in [7, 11) is 1.42. The Morgan fingerprint density at radius 3 is 2.36 bits per heavy atom. The van der Waals surface area contributed by atoms with Crippen LogP contribution in [0.3, 0.4) is 0 Å². The van der Waals surface area contributed by atoms with Crippen LogP contribution in [-0.4, -0.2) is 24.0 Å². The van der Waals surface area contributed by atoms with Crippen molar-refractivity contribution in [2.75, 3.05) is 17.7 Å². The van der Waals surface area contributed by atoms with Crippen LogP contribution in [-0.2, 0) is 4.79 Å². The van der Waals surface area contributed by atoms with Crippen molar-refractivity contribution >= 4 is 58.0 Å². The van der Waals surface area contributed by atoms with Gasteiger partial charge in [0.15, 0.2) is 0 Å². The molecule has 25 heavy (non-hydrogen) atoms. The number of phenolic OH excluding ortho intramolecular Hbond substituents is 1. The SMILES string of the molecule is COc1cc(NC(=O)c2c(O)c(Cl)cc(Cl)c2Cl)ccc1NC(C)=O. The Labute approximate surface area is 158 Å². The highest BCUT2D eigenvalue weighted by Gasteiger charge is 2.21. The van der Waals surface area contributed by atoms with Gasteiger partial charge in [-0.3, -0.25) is 9.59 Å². The molecule has 0 spiro atoms. The fourth-order valence-electron chi connectivity index (χ4n) is 2.05. The zero-order valence-electron chi connectivity index (χ0n) is 13.1. The number of hydrogen-bond acceptors (Lipinski definition) is 4. The normalized spacial score (nSPS) is 10.3. The lowest BCUT2D eigenvalue weighted by Crippen LogP contribution is -2.14. The minimum atomic E-state index is -0.707. The van der Waals surface area contributed by atoms with Crippen molar-refractivity contribution < 1.29 is 19.4 Å². The highest BCUT2D eigenvalue weighted by molar-refractivity contribution is 6.46. The molecular formula is C16H13Cl3N2O4. The molecule has 0 bridgehead atoms. The average Bonchev–Trinajstić information content (AvgIpc) is 2.54. The Balaban J connectivity index is 2.34. The van der Waals surface area contributed by atoms with Gasteiger partial charge in [0.05, 0.1) is 27.9 Å². The molecule has 3 N–H and O–H groups in total. The van der Waals surface area contributed by atoms with Gasteiger partial charge in [0.2, 0.25) is 5.91 Å². The third-order valence-electron chi connectivity index (χ3n) is 3.14. The van der Waals surface area contributed by atoms with Crippen LogP contribution in [0.4, 0.5) is 11.4 Å². The smallest absolute Gasteiger partial charge is 0.261 e. The first-order chi connectivity index (χ1) is 11.7. The monoisotopic (exact) mass is 402 g/mol. The molecule has 6 nitrogen and oxygen atoms in total. The molecule has 0 atom stereocenters. The average molecular weight is 404 g/mol. The molecule has 0 heterocycles. The molecule has 2 amide bonds. The van der Waals surface area contributed by atoms with E-state index >= 15 is 0 Å². The van der Waals surface area contributed by atoms with E-state index in [1.165, 1.54) is 26.2 Å². The molecule has 0 aliphatic carbocycles. The van der Waals surface area contributed by atoms with Crippen LogP contribution in [0.5, 0.6) is 11.5 Å². The largest absolute Gasteiger partial charge is 0.505 e. The molecule has 2 rings (SSSR count). The van der Waals surface area contributed by atoms with Crippen molar-refractivity contribution in [2.45, 2.75) is 6.92 Å². The summed E-state index contributed by atoms with van der Waals surface area (Å²) in [6, 6.07) is 5.84. The van der Waals surface area contributed by atoms with Crippen LogP contribution in [0.2, 0.25) is 15.1 Å². The summed E-state index contributed by atoms with van der Waals surface area (Å²) in [5.41, 5.74) is 0.547. The van der Waals surface area contributed by atoms with Gasteiger partial charge in [0.1, 0.15) is 17.1 Å². The second-order valence-corrected chi connectivity index (χ2v) is 6.12. The highest BCUT2D eigenvalue weighted by atomic mass is 35.5. The molecule has 0 aliphatic rings. The topological polar surface area (TPSA) is 87.7 Å². The van der Waals surface area contributed by atoms with E-state index in [4.69, 9.17) is 39.5 Å². The molecular weight excluding hydrogens is 391 g/mol. The molecule has 0 aliphatic heterocycles. The number of amides is 2. The van der Waals surface area contributed by atoms with Gasteiger partial charge < -0.3 is 20.5 Å². The number of carbonyl (C=O) groups excluding carboxylic acids is 2. The second-order valence-electron chi connectivity index (χ2n) is 4.93. The summed E-state index contributed by atoms with van der Waals surface area (Å²) < 4.78 is 5.18. The third-order valence-corrected chi connectivity index (χ3v) is 4.22. The number of aromatic hydroxyl groups is 1. The Morgan fingerprint density at radius 1 is 1.08 bits per heavy atom. The van der Waals surface area contributed by atoms with Gasteiger partial charge in [-0.2, -0.15) is 0 Å². The lowest BCUT2D eigenvalue weighted by Gasteiger charge is -2.13. The van der Waals surface area contributed by atoms with Crippen LogP contribution in [0.1, 0.15) is 17.3 Å². The van der Waals surface area contributed by atoms with E-state index in [1.807, 2.05) is 0 Å². The van der Waals surface area contributed by atoms with E-state index in [1.54, 1.807) is 12.1 Å². The van der Waals surface area contributed by atoms with Crippen LogP contribution < -0.4 is 15.4 Å². The number of methoxy groups -OCH3 is 1. The molecule has 2 aromatic rings.